The molecule has 34 heavy (non-hydrogen) atoms. The number of methoxy groups -OCH3 is 1. The number of aliphatic carboxylic acids is 1. The lowest BCUT2D eigenvalue weighted by Gasteiger charge is -2.50. The van der Waals surface area contributed by atoms with Gasteiger partial charge in [-0.05, 0) is 56.7 Å². The zero-order valence-corrected chi connectivity index (χ0v) is 19.4. The van der Waals surface area contributed by atoms with E-state index in [1.807, 2.05) is 13.0 Å². The van der Waals surface area contributed by atoms with E-state index in [0.717, 1.165) is 43.5 Å². The Hall–Kier alpha value is -2.60. The molecule has 0 saturated carbocycles. The van der Waals surface area contributed by atoms with Gasteiger partial charge in [-0.1, -0.05) is 0 Å². The topological polar surface area (TPSA) is 108 Å². The molecule has 3 aliphatic rings. The molecule has 1 spiro atoms. The number of nitrogens with zero attached hydrogens (tertiary/aromatic N) is 3. The van der Waals surface area contributed by atoms with Crippen molar-refractivity contribution in [2.45, 2.75) is 44.8 Å². The summed E-state index contributed by atoms with van der Waals surface area (Å²) in [6.07, 6.45) is -0.0508. The molecule has 1 aromatic carbocycles. The molecule has 0 atom stereocenters. The Labute approximate surface area is 196 Å². The second-order valence-electron chi connectivity index (χ2n) is 9.21. The van der Waals surface area contributed by atoms with Crippen LogP contribution in [0.15, 0.2) is 12.1 Å². The highest BCUT2D eigenvalue weighted by Crippen LogP contribution is 2.44. The molecular formula is C22H31F3N4O5. The third-order valence-corrected chi connectivity index (χ3v) is 7.24. The van der Waals surface area contributed by atoms with Crippen molar-refractivity contribution >= 4 is 17.3 Å². The van der Waals surface area contributed by atoms with Crippen LogP contribution in [-0.2, 0) is 4.79 Å². The first-order valence-corrected chi connectivity index (χ1v) is 11.3. The number of halogens is 3. The number of carboxylic acids is 1. The summed E-state index contributed by atoms with van der Waals surface area (Å²) in [5.41, 5.74) is 2.56. The zero-order chi connectivity index (χ0) is 25.1. The van der Waals surface area contributed by atoms with Crippen molar-refractivity contribution in [3.63, 3.8) is 0 Å². The molecule has 3 fully saturated rings. The van der Waals surface area contributed by atoms with Crippen LogP contribution in [0, 0.1) is 22.5 Å². The van der Waals surface area contributed by atoms with Crippen molar-refractivity contribution in [2.75, 3.05) is 51.3 Å². The van der Waals surface area contributed by atoms with E-state index in [0.29, 0.717) is 11.2 Å². The minimum absolute atomic E-state index is 0.0464. The number of hydrogen-bond donors (Lipinski definition) is 2. The summed E-state index contributed by atoms with van der Waals surface area (Å²) >= 11 is 0. The van der Waals surface area contributed by atoms with E-state index in [9.17, 15) is 23.3 Å². The number of rotatable bonds is 4. The Kier molecular flexibility index (Phi) is 7.91. The van der Waals surface area contributed by atoms with Crippen molar-refractivity contribution in [2.24, 2.45) is 5.41 Å². The predicted molar refractivity (Wildman–Crippen MR) is 119 cm³/mol. The molecular weight excluding hydrogens is 457 g/mol. The Bertz CT molecular complexity index is 889. The van der Waals surface area contributed by atoms with Gasteiger partial charge in [0.1, 0.15) is 0 Å². The SMILES string of the molecule is COc1cc(N2CCC3(CC2)CCN(C2CNC2)CC3)c(C)cc1[N+](=O)[O-].O=C(O)C(F)(F)F. The molecule has 3 heterocycles. The van der Waals surface area contributed by atoms with Gasteiger partial charge in [0.2, 0.25) is 0 Å². The molecule has 3 saturated heterocycles. The van der Waals surface area contributed by atoms with Gasteiger partial charge in [-0.15, -0.1) is 0 Å². The fourth-order valence-electron chi connectivity index (χ4n) is 4.93. The van der Waals surface area contributed by atoms with Crippen LogP contribution >= 0.6 is 0 Å². The fourth-order valence-corrected chi connectivity index (χ4v) is 4.93. The first-order chi connectivity index (χ1) is 16.0. The summed E-state index contributed by atoms with van der Waals surface area (Å²) in [5, 5.41) is 21.7. The van der Waals surface area contributed by atoms with Crippen molar-refractivity contribution in [3.8, 4) is 5.75 Å². The van der Waals surface area contributed by atoms with Gasteiger partial charge in [0.25, 0.3) is 0 Å². The highest BCUT2D eigenvalue weighted by molar-refractivity contribution is 5.73. The number of likely N-dealkylation sites (tertiary alicyclic amines) is 1. The van der Waals surface area contributed by atoms with Crippen LogP contribution in [-0.4, -0.2) is 79.5 Å². The monoisotopic (exact) mass is 488 g/mol. The number of benzene rings is 1. The third-order valence-electron chi connectivity index (χ3n) is 7.24. The predicted octanol–water partition coefficient (Wildman–Crippen LogP) is 3.20. The van der Waals surface area contributed by atoms with Gasteiger partial charge >= 0.3 is 17.8 Å². The van der Waals surface area contributed by atoms with Crippen LogP contribution in [0.2, 0.25) is 0 Å². The van der Waals surface area contributed by atoms with Crippen molar-refractivity contribution < 1.29 is 32.7 Å². The number of aryl methyl sites for hydroxylation is 1. The molecule has 12 heteroatoms. The van der Waals surface area contributed by atoms with E-state index < -0.39 is 12.1 Å². The van der Waals surface area contributed by atoms with Gasteiger partial charge in [0, 0.05) is 50.0 Å². The van der Waals surface area contributed by atoms with Crippen molar-refractivity contribution in [1.29, 1.82) is 0 Å². The van der Waals surface area contributed by atoms with Crippen LogP contribution in [0.3, 0.4) is 0 Å². The number of nitrogens with one attached hydrogen (secondary N) is 1. The van der Waals surface area contributed by atoms with Crippen LogP contribution in [0.5, 0.6) is 5.75 Å². The maximum Gasteiger partial charge on any atom is 0.490 e. The largest absolute Gasteiger partial charge is 0.490 e. The quantitative estimate of drug-likeness (QED) is 0.492. The van der Waals surface area contributed by atoms with E-state index in [1.54, 1.807) is 6.07 Å². The van der Waals surface area contributed by atoms with E-state index in [-0.39, 0.29) is 10.6 Å². The van der Waals surface area contributed by atoms with Crippen molar-refractivity contribution in [1.82, 2.24) is 10.2 Å². The zero-order valence-electron chi connectivity index (χ0n) is 19.4. The molecule has 0 unspecified atom stereocenters. The van der Waals surface area contributed by atoms with E-state index >= 15 is 0 Å². The van der Waals surface area contributed by atoms with E-state index in [2.05, 4.69) is 15.1 Å². The number of nitro groups is 1. The lowest BCUT2D eigenvalue weighted by molar-refractivity contribution is -0.385. The second kappa shape index (κ2) is 10.3. The molecule has 4 rings (SSSR count). The lowest BCUT2D eigenvalue weighted by Crippen LogP contribution is -2.60. The summed E-state index contributed by atoms with van der Waals surface area (Å²) < 4.78 is 37.0. The number of anilines is 1. The second-order valence-corrected chi connectivity index (χ2v) is 9.21. The van der Waals surface area contributed by atoms with Crippen LogP contribution in [0.25, 0.3) is 0 Å². The highest BCUT2D eigenvalue weighted by Gasteiger charge is 2.40. The maximum absolute atomic E-state index is 11.2. The molecule has 3 aliphatic heterocycles. The molecule has 190 valence electrons. The lowest BCUT2D eigenvalue weighted by atomic mass is 9.71. The summed E-state index contributed by atoms with van der Waals surface area (Å²) in [4.78, 5) is 24.8. The minimum atomic E-state index is -5.08. The average Bonchev–Trinajstić information content (AvgIpc) is 2.74. The number of carboxylic acid groups (broad SMARTS) is 1. The number of hydrogen-bond acceptors (Lipinski definition) is 7. The average molecular weight is 489 g/mol. The van der Waals surface area contributed by atoms with Gasteiger partial charge in [0.05, 0.1) is 12.0 Å². The Morgan fingerprint density at radius 3 is 2.12 bits per heavy atom. The van der Waals surface area contributed by atoms with Gasteiger partial charge in [-0.2, -0.15) is 13.2 Å². The Morgan fingerprint density at radius 1 is 1.18 bits per heavy atom. The third kappa shape index (κ3) is 5.90. The van der Waals surface area contributed by atoms with Gasteiger partial charge < -0.3 is 20.1 Å². The fraction of sp³-hybridized carbons (Fsp3) is 0.682. The van der Waals surface area contributed by atoms with Crippen LogP contribution in [0.1, 0.15) is 31.2 Å². The molecule has 2 N–H and O–H groups in total. The van der Waals surface area contributed by atoms with Crippen LogP contribution in [0.4, 0.5) is 24.5 Å². The number of carbonyl (C=O) groups is 1. The van der Waals surface area contributed by atoms with E-state index in [4.69, 9.17) is 14.6 Å². The molecule has 0 aliphatic carbocycles. The highest BCUT2D eigenvalue weighted by atomic mass is 19.4. The summed E-state index contributed by atoms with van der Waals surface area (Å²) in [7, 11) is 1.50. The number of ether oxygens (including phenoxy) is 1. The Balaban J connectivity index is 0.000000406. The van der Waals surface area contributed by atoms with E-state index in [1.165, 1.54) is 45.9 Å². The van der Waals surface area contributed by atoms with Gasteiger partial charge in [0.15, 0.2) is 5.75 Å². The van der Waals surface area contributed by atoms with Crippen LogP contribution < -0.4 is 15.0 Å². The minimum Gasteiger partial charge on any atom is -0.490 e. The summed E-state index contributed by atoms with van der Waals surface area (Å²) in [6, 6.07) is 4.25. The Morgan fingerprint density at radius 2 is 1.71 bits per heavy atom. The number of alkyl halides is 3. The molecule has 0 amide bonds. The molecule has 0 bridgehead atoms. The van der Waals surface area contributed by atoms with Gasteiger partial charge in [-0.3, -0.25) is 15.0 Å². The summed E-state index contributed by atoms with van der Waals surface area (Å²) in [6.45, 7) is 8.77. The smallest absolute Gasteiger partial charge is 0.490 e. The molecule has 1 aromatic rings. The normalized spacial score (nSPS) is 20.8. The molecule has 0 aromatic heterocycles. The summed E-state index contributed by atoms with van der Waals surface area (Å²) in [5.74, 6) is -2.41. The first-order valence-electron chi connectivity index (χ1n) is 11.3. The van der Waals surface area contributed by atoms with Gasteiger partial charge in [-0.25, -0.2) is 4.79 Å². The standard InChI is InChI=1S/C20H30N4O3.C2HF3O2/c1-15-11-18(24(25)26)19(27-2)12-17(15)23-9-5-20(6-10-23)3-7-22(8-4-20)16-13-21-14-16;3-2(4,5)1(6)7/h11-12,16,21H,3-10,13-14H2,1-2H3;(H,6,7). The van der Waals surface area contributed by atoms with Crippen molar-refractivity contribution in [3.05, 3.63) is 27.8 Å². The first kappa shape index (κ1) is 26.0. The maximum atomic E-state index is 11.2. The molecule has 0 radical (unpaired) electrons. The molecule has 9 nitrogen and oxygen atoms in total. The number of piperidine rings is 2. The number of nitro benzene ring substituents is 1.